The molecule has 0 amide bonds. The molecule has 4 heterocycles. The first-order valence-corrected chi connectivity index (χ1v) is 9.87. The van der Waals surface area contributed by atoms with Crippen molar-refractivity contribution in [1.82, 2.24) is 19.6 Å². The molecule has 2 atom stereocenters. The maximum Gasteiger partial charge on any atom is 0.150 e. The largest absolute Gasteiger partial charge is 0.396 e. The Bertz CT molecular complexity index is 935. The minimum atomic E-state index is -0.0372. The molecule has 0 spiro atoms. The first kappa shape index (κ1) is 16.8. The Balaban J connectivity index is 1.58. The Labute approximate surface area is 158 Å². The van der Waals surface area contributed by atoms with E-state index in [1.54, 1.807) is 0 Å². The monoisotopic (exact) mass is 367 g/mol. The lowest BCUT2D eigenvalue weighted by atomic mass is 10.1. The number of ether oxygens (including phenoxy) is 2. The van der Waals surface area contributed by atoms with Crippen LogP contribution < -0.4 is 5.73 Å². The zero-order valence-electron chi connectivity index (χ0n) is 15.4. The quantitative estimate of drug-likeness (QED) is 0.760. The smallest absolute Gasteiger partial charge is 0.150 e. The average Bonchev–Trinajstić information content (AvgIpc) is 3.30. The van der Waals surface area contributed by atoms with Crippen LogP contribution >= 0.6 is 0 Å². The van der Waals surface area contributed by atoms with Crippen molar-refractivity contribution in [2.24, 2.45) is 0 Å². The van der Waals surface area contributed by atoms with Gasteiger partial charge in [-0.15, -0.1) is 0 Å². The molecule has 2 aliphatic rings. The van der Waals surface area contributed by atoms with E-state index >= 15 is 0 Å². The molecule has 2 N–H and O–H groups in total. The van der Waals surface area contributed by atoms with Gasteiger partial charge in [0, 0.05) is 18.6 Å². The molecule has 2 aliphatic heterocycles. The SMILES string of the molecule is Nc1cn(C2CCCCO2)nc1-c1nn(C2CCCCO2)c2ccccc12. The minimum Gasteiger partial charge on any atom is -0.396 e. The first-order chi connectivity index (χ1) is 13.3. The summed E-state index contributed by atoms with van der Waals surface area (Å²) < 4.78 is 15.7. The third kappa shape index (κ3) is 3.00. The number of benzene rings is 1. The molecule has 0 bridgehead atoms. The Morgan fingerprint density at radius 3 is 2.37 bits per heavy atom. The number of fused-ring (bicyclic) bond motifs is 1. The molecule has 3 aromatic rings. The number of hydrogen-bond acceptors (Lipinski definition) is 5. The third-order valence-electron chi connectivity index (χ3n) is 5.48. The molecule has 0 radical (unpaired) electrons. The highest BCUT2D eigenvalue weighted by Gasteiger charge is 2.25. The predicted molar refractivity (Wildman–Crippen MR) is 103 cm³/mol. The number of nitrogens with two attached hydrogens (primary N) is 1. The zero-order chi connectivity index (χ0) is 18.2. The van der Waals surface area contributed by atoms with E-state index < -0.39 is 0 Å². The number of rotatable bonds is 3. The van der Waals surface area contributed by atoms with Crippen molar-refractivity contribution in [3.05, 3.63) is 30.5 Å². The van der Waals surface area contributed by atoms with Crippen LogP contribution in [0.3, 0.4) is 0 Å². The van der Waals surface area contributed by atoms with Crippen molar-refractivity contribution < 1.29 is 9.47 Å². The van der Waals surface area contributed by atoms with Crippen LogP contribution in [0.25, 0.3) is 22.3 Å². The molecule has 7 heteroatoms. The van der Waals surface area contributed by atoms with Crippen LogP contribution in [0.1, 0.15) is 51.0 Å². The van der Waals surface area contributed by atoms with Crippen LogP contribution in [-0.2, 0) is 9.47 Å². The average molecular weight is 367 g/mol. The highest BCUT2D eigenvalue weighted by Crippen LogP contribution is 2.35. The van der Waals surface area contributed by atoms with E-state index in [1.165, 1.54) is 0 Å². The number of aromatic nitrogens is 4. The molecule has 142 valence electrons. The van der Waals surface area contributed by atoms with Crippen molar-refractivity contribution >= 4 is 16.6 Å². The molecule has 5 rings (SSSR count). The summed E-state index contributed by atoms with van der Waals surface area (Å²) in [6.07, 6.45) is 8.28. The van der Waals surface area contributed by atoms with Crippen LogP contribution in [0.5, 0.6) is 0 Å². The Kier molecular flexibility index (Phi) is 4.33. The number of nitrogens with zero attached hydrogens (tertiary/aromatic N) is 4. The summed E-state index contributed by atoms with van der Waals surface area (Å²) in [7, 11) is 0. The van der Waals surface area contributed by atoms with Crippen LogP contribution in [0.2, 0.25) is 0 Å². The molecular formula is C20H25N5O2. The first-order valence-electron chi connectivity index (χ1n) is 9.87. The second-order valence-electron chi connectivity index (χ2n) is 7.37. The lowest BCUT2D eigenvalue weighted by Crippen LogP contribution is -2.19. The van der Waals surface area contributed by atoms with Gasteiger partial charge in [0.25, 0.3) is 0 Å². The Morgan fingerprint density at radius 1 is 0.889 bits per heavy atom. The molecule has 0 aliphatic carbocycles. The number of anilines is 1. The summed E-state index contributed by atoms with van der Waals surface area (Å²) in [5.41, 5.74) is 9.56. The van der Waals surface area contributed by atoms with Crippen molar-refractivity contribution in [2.75, 3.05) is 18.9 Å². The molecule has 2 fully saturated rings. The standard InChI is InChI=1S/C20H25N5O2/c21-15-13-24(17-9-3-5-11-26-17)22-20(15)19-14-7-1-2-8-16(14)25(23-19)18-10-4-6-12-27-18/h1-2,7-8,13,17-18H,3-6,9-12,21H2. The number of para-hydroxylation sites is 1. The lowest BCUT2D eigenvalue weighted by molar-refractivity contribution is -0.0394. The summed E-state index contributed by atoms with van der Waals surface area (Å²) in [5, 5.41) is 10.7. The fraction of sp³-hybridized carbons (Fsp3) is 0.500. The molecule has 2 aromatic heterocycles. The van der Waals surface area contributed by atoms with Crippen molar-refractivity contribution in [3.8, 4) is 11.4 Å². The van der Waals surface area contributed by atoms with Gasteiger partial charge in [-0.25, -0.2) is 9.36 Å². The van der Waals surface area contributed by atoms with Crippen molar-refractivity contribution in [3.63, 3.8) is 0 Å². The Hall–Kier alpha value is -2.38. The fourth-order valence-electron chi connectivity index (χ4n) is 4.07. The van der Waals surface area contributed by atoms with Gasteiger partial charge < -0.3 is 15.2 Å². The fourth-order valence-corrected chi connectivity index (χ4v) is 4.07. The summed E-state index contributed by atoms with van der Waals surface area (Å²) in [6, 6.07) is 8.22. The van der Waals surface area contributed by atoms with Crippen LogP contribution in [0.4, 0.5) is 5.69 Å². The van der Waals surface area contributed by atoms with Crippen LogP contribution in [-0.4, -0.2) is 32.8 Å². The van der Waals surface area contributed by atoms with Gasteiger partial charge in [-0.05, 0) is 44.6 Å². The number of hydrogen-bond donors (Lipinski definition) is 1. The van der Waals surface area contributed by atoms with E-state index in [-0.39, 0.29) is 12.5 Å². The lowest BCUT2D eigenvalue weighted by Gasteiger charge is -2.23. The summed E-state index contributed by atoms with van der Waals surface area (Å²) >= 11 is 0. The van der Waals surface area contributed by atoms with Crippen LogP contribution in [0.15, 0.2) is 30.5 Å². The van der Waals surface area contributed by atoms with Crippen molar-refractivity contribution in [2.45, 2.75) is 51.0 Å². The Morgan fingerprint density at radius 2 is 1.63 bits per heavy atom. The van der Waals surface area contributed by atoms with E-state index in [2.05, 4.69) is 12.1 Å². The second kappa shape index (κ2) is 6.98. The van der Waals surface area contributed by atoms with E-state index in [0.717, 1.165) is 74.0 Å². The summed E-state index contributed by atoms with van der Waals surface area (Å²) in [5.74, 6) is 0. The maximum atomic E-state index is 6.34. The van der Waals surface area contributed by atoms with Crippen LogP contribution in [0, 0.1) is 0 Å². The summed E-state index contributed by atoms with van der Waals surface area (Å²) in [6.45, 7) is 1.56. The highest BCUT2D eigenvalue weighted by atomic mass is 16.5. The van der Waals surface area contributed by atoms with Gasteiger partial charge in [0.05, 0.1) is 17.4 Å². The molecule has 2 unspecified atom stereocenters. The normalized spacial score (nSPS) is 23.7. The molecule has 0 saturated carbocycles. The maximum absolute atomic E-state index is 6.34. The van der Waals surface area contributed by atoms with Gasteiger partial charge in [0.2, 0.25) is 0 Å². The molecule has 2 saturated heterocycles. The highest BCUT2D eigenvalue weighted by molar-refractivity contribution is 5.94. The number of nitrogen functional groups attached to an aromatic ring is 1. The summed E-state index contributed by atoms with van der Waals surface area (Å²) in [4.78, 5) is 0. The topological polar surface area (TPSA) is 80.1 Å². The van der Waals surface area contributed by atoms with Gasteiger partial charge >= 0.3 is 0 Å². The van der Waals surface area contributed by atoms with E-state index in [9.17, 15) is 0 Å². The minimum absolute atomic E-state index is 0.0256. The zero-order valence-corrected chi connectivity index (χ0v) is 15.4. The predicted octanol–water partition coefficient (Wildman–Crippen LogP) is 3.88. The molecular weight excluding hydrogens is 342 g/mol. The third-order valence-corrected chi connectivity index (χ3v) is 5.48. The van der Waals surface area contributed by atoms with Gasteiger partial charge in [0.1, 0.15) is 17.6 Å². The van der Waals surface area contributed by atoms with Crippen molar-refractivity contribution in [1.29, 1.82) is 0 Å². The molecule has 7 nitrogen and oxygen atoms in total. The van der Waals surface area contributed by atoms with Gasteiger partial charge in [-0.1, -0.05) is 18.2 Å². The van der Waals surface area contributed by atoms with E-state index in [4.69, 9.17) is 25.4 Å². The van der Waals surface area contributed by atoms with E-state index in [0.29, 0.717) is 5.69 Å². The van der Waals surface area contributed by atoms with Gasteiger partial charge in [0.15, 0.2) is 6.23 Å². The van der Waals surface area contributed by atoms with Gasteiger partial charge in [-0.3, -0.25) is 0 Å². The molecule has 1 aromatic carbocycles. The van der Waals surface area contributed by atoms with Gasteiger partial charge in [-0.2, -0.15) is 10.2 Å². The van der Waals surface area contributed by atoms with E-state index in [1.807, 2.05) is 27.7 Å². The second-order valence-corrected chi connectivity index (χ2v) is 7.37. The molecule has 27 heavy (non-hydrogen) atoms.